The summed E-state index contributed by atoms with van der Waals surface area (Å²) in [5.74, 6) is -1.09. The highest BCUT2D eigenvalue weighted by atomic mass is 32.2. The number of azo groups is 2. The zero-order chi connectivity index (χ0) is 42.1. The molecule has 0 unspecified atom stereocenters. The predicted octanol–water partition coefficient (Wildman–Crippen LogP) is 9.03. The number of hydrogen-bond acceptors (Lipinski definition) is 20. The van der Waals surface area contributed by atoms with E-state index >= 15 is 0 Å². The second kappa shape index (κ2) is 16.8. The fourth-order valence-electron chi connectivity index (χ4n) is 5.85. The zero-order valence-electron chi connectivity index (χ0n) is 29.5. The molecule has 0 fully saturated rings. The Balaban J connectivity index is 1.27. The van der Waals surface area contributed by atoms with Gasteiger partial charge in [0.2, 0.25) is 0 Å². The van der Waals surface area contributed by atoms with Crippen molar-refractivity contribution in [1.29, 1.82) is 0 Å². The van der Waals surface area contributed by atoms with Gasteiger partial charge in [-0.3, -0.25) is 9.11 Å². The number of benzene rings is 6. The molecular weight excluding hydrogens is 845 g/mol. The van der Waals surface area contributed by atoms with Crippen molar-refractivity contribution in [2.45, 2.75) is 33.4 Å². The number of anilines is 2. The van der Waals surface area contributed by atoms with Gasteiger partial charge in [0.1, 0.15) is 21.2 Å². The number of rotatable bonds is 13. The Bertz CT molecular complexity index is 2910. The van der Waals surface area contributed by atoms with Gasteiger partial charge in [0.25, 0.3) is 20.2 Å². The molecule has 6 aromatic carbocycles. The lowest BCUT2D eigenvalue weighted by Crippen LogP contribution is -2.08. The van der Waals surface area contributed by atoms with Crippen molar-refractivity contribution < 1.29 is 65.4 Å². The largest absolute Gasteiger partial charge is 0.505 e. The summed E-state index contributed by atoms with van der Waals surface area (Å²) < 4.78 is 76.2. The molecular formula is C34H28N6O14S4. The van der Waals surface area contributed by atoms with Crippen LogP contribution in [0.5, 0.6) is 11.5 Å². The van der Waals surface area contributed by atoms with Gasteiger partial charge in [-0.05, 0) is 84.6 Å². The van der Waals surface area contributed by atoms with E-state index in [0.29, 0.717) is 57.4 Å². The fourth-order valence-corrected chi connectivity index (χ4v) is 8.35. The first-order chi connectivity index (χ1) is 27.4. The lowest BCUT2D eigenvalue weighted by molar-refractivity contribution is -0.432. The number of aryl methyl sites for hydroxylation is 2. The first-order valence-corrected chi connectivity index (χ1v) is 20.3. The van der Waals surface area contributed by atoms with Gasteiger partial charge in [0.05, 0.1) is 62.5 Å². The summed E-state index contributed by atoms with van der Waals surface area (Å²) in [6, 6.07) is 18.0. The van der Waals surface area contributed by atoms with Gasteiger partial charge in [0.15, 0.2) is 11.5 Å². The van der Waals surface area contributed by atoms with Gasteiger partial charge in [-0.2, -0.15) is 27.1 Å². The van der Waals surface area contributed by atoms with Crippen molar-refractivity contribution in [1.82, 2.24) is 0 Å². The summed E-state index contributed by atoms with van der Waals surface area (Å²) in [4.78, 5) is -1.41. The first-order valence-electron chi connectivity index (χ1n) is 15.9. The van der Waals surface area contributed by atoms with E-state index in [1.54, 1.807) is 37.3 Å². The van der Waals surface area contributed by atoms with Crippen LogP contribution in [0.1, 0.15) is 11.1 Å². The highest BCUT2D eigenvalue weighted by molar-refractivity contribution is 7.95. The molecule has 24 heteroatoms. The van der Waals surface area contributed by atoms with E-state index in [4.69, 9.17) is 22.0 Å². The SMILES string of the molecule is Cc1cc(-c2ccc(/N=N/c3ccc4c(S(=O)(=O)O)cc(S(=O)(=O)O)c(N)c4c3O)c(C)c2)ccc1/N=N/c1ccc2c(SOOO)cc(SOOO)c(N)c2c1O. The number of nitrogen functional groups attached to an aromatic ring is 2. The molecule has 0 atom stereocenters. The summed E-state index contributed by atoms with van der Waals surface area (Å²) >= 11 is 1.15. The zero-order valence-corrected chi connectivity index (χ0v) is 32.7. The van der Waals surface area contributed by atoms with E-state index in [0.717, 1.165) is 22.8 Å². The van der Waals surface area contributed by atoms with Crippen LogP contribution in [0.4, 0.5) is 34.1 Å². The molecule has 6 rings (SSSR count). The van der Waals surface area contributed by atoms with Crippen molar-refractivity contribution in [3.8, 4) is 22.6 Å². The summed E-state index contributed by atoms with van der Waals surface area (Å²) in [7, 11) is -10.1. The Hall–Kier alpha value is -5.48. The maximum Gasteiger partial charge on any atom is 0.296 e. The van der Waals surface area contributed by atoms with Gasteiger partial charge in [0, 0.05) is 15.7 Å². The topological polar surface area (TPSA) is 328 Å². The average molecular weight is 873 g/mol. The van der Waals surface area contributed by atoms with E-state index in [2.05, 4.69) is 39.2 Å². The number of aromatic hydroxyl groups is 2. The van der Waals surface area contributed by atoms with Crippen LogP contribution in [-0.4, -0.2) is 46.7 Å². The highest BCUT2D eigenvalue weighted by Crippen LogP contribution is 2.47. The van der Waals surface area contributed by atoms with Crippen LogP contribution >= 0.6 is 24.1 Å². The Kier molecular flexibility index (Phi) is 12.2. The molecule has 0 saturated heterocycles. The molecule has 0 heterocycles. The summed E-state index contributed by atoms with van der Waals surface area (Å²) in [6.07, 6.45) is 0. The average Bonchev–Trinajstić information content (AvgIpc) is 3.16. The van der Waals surface area contributed by atoms with E-state index in [9.17, 15) is 36.2 Å². The van der Waals surface area contributed by atoms with Crippen LogP contribution in [0, 0.1) is 13.8 Å². The molecule has 6 aromatic rings. The van der Waals surface area contributed by atoms with E-state index < -0.39 is 46.9 Å². The molecule has 0 radical (unpaired) electrons. The van der Waals surface area contributed by atoms with E-state index in [-0.39, 0.29) is 38.5 Å². The van der Waals surface area contributed by atoms with Crippen LogP contribution < -0.4 is 11.5 Å². The number of fused-ring (bicyclic) bond motifs is 2. The normalized spacial score (nSPS) is 12.4. The third-order valence-electron chi connectivity index (χ3n) is 8.56. The van der Waals surface area contributed by atoms with Gasteiger partial charge < -0.3 is 21.7 Å². The van der Waals surface area contributed by atoms with Crippen LogP contribution in [0.25, 0.3) is 32.7 Å². The van der Waals surface area contributed by atoms with Gasteiger partial charge in [-0.15, -0.1) is 18.9 Å². The molecule has 0 aromatic heterocycles. The molecule has 0 saturated carbocycles. The standard InChI is InChI=1S/C34H28N6O14S4/c1-15-11-17(3-7-21(15)37-39-23-9-5-19-25(55-53-51-43)13-26(56-54-52-44)31(35)29(19)33(23)41)18-4-8-22(16(2)12-18)38-40-24-10-6-20-27(57(45,46)47)14-28(58(48,49)50)32(36)30(20)34(24)42/h3-14,41-44H,35-36H2,1-2H3,(H,45,46,47)(H,48,49,50)/b39-37+,40-38+. The second-order valence-electron chi connectivity index (χ2n) is 12.1. The minimum atomic E-state index is -5.08. The smallest absolute Gasteiger partial charge is 0.296 e. The second-order valence-corrected chi connectivity index (χ2v) is 16.4. The maximum atomic E-state index is 12.0. The molecule has 302 valence electrons. The number of phenols is 2. The van der Waals surface area contributed by atoms with Crippen LogP contribution in [0.2, 0.25) is 0 Å². The summed E-state index contributed by atoms with van der Waals surface area (Å²) in [5.41, 5.74) is 15.2. The molecule has 0 aliphatic rings. The Morgan fingerprint density at radius 3 is 1.45 bits per heavy atom. The fraction of sp³-hybridized carbons (Fsp3) is 0.0588. The third kappa shape index (κ3) is 8.53. The van der Waals surface area contributed by atoms with Crippen molar-refractivity contribution in [3.63, 3.8) is 0 Å². The van der Waals surface area contributed by atoms with E-state index in [1.807, 2.05) is 19.1 Å². The Morgan fingerprint density at radius 2 is 0.983 bits per heavy atom. The minimum absolute atomic E-state index is 0.0509. The summed E-state index contributed by atoms with van der Waals surface area (Å²) in [5, 5.41) is 63.2. The lowest BCUT2D eigenvalue weighted by Gasteiger charge is -2.13. The third-order valence-corrected chi connectivity index (χ3v) is 11.6. The van der Waals surface area contributed by atoms with Crippen LogP contribution in [0.15, 0.2) is 113 Å². The number of phenolic OH excluding ortho intramolecular Hbond substituents is 2. The number of nitrogens with zero attached hydrogens (tertiary/aromatic N) is 4. The van der Waals surface area contributed by atoms with Crippen LogP contribution in [-0.2, 0) is 39.0 Å². The van der Waals surface area contributed by atoms with Crippen molar-refractivity contribution >= 4 is 100.0 Å². The molecule has 0 spiro atoms. The lowest BCUT2D eigenvalue weighted by atomic mass is 10.0. The molecule has 0 bridgehead atoms. The van der Waals surface area contributed by atoms with Crippen molar-refractivity contribution in [2.24, 2.45) is 20.5 Å². The van der Waals surface area contributed by atoms with Gasteiger partial charge in [-0.25, -0.2) is 10.5 Å². The molecule has 58 heavy (non-hydrogen) atoms. The molecule has 0 aliphatic carbocycles. The Labute approximate surface area is 336 Å². The molecule has 0 amide bonds. The molecule has 10 N–H and O–H groups in total. The monoisotopic (exact) mass is 872 g/mol. The Morgan fingerprint density at radius 1 is 0.552 bits per heavy atom. The first kappa shape index (κ1) is 42.1. The van der Waals surface area contributed by atoms with Crippen molar-refractivity contribution in [3.05, 3.63) is 83.9 Å². The quantitative estimate of drug-likeness (QED) is 0.0134. The van der Waals surface area contributed by atoms with Gasteiger partial charge in [-0.1, -0.05) is 34.3 Å². The minimum Gasteiger partial charge on any atom is -0.505 e. The summed E-state index contributed by atoms with van der Waals surface area (Å²) in [6.45, 7) is 3.57. The van der Waals surface area contributed by atoms with Gasteiger partial charge >= 0.3 is 0 Å². The number of hydrogen-bond donors (Lipinski definition) is 8. The van der Waals surface area contributed by atoms with E-state index in [1.165, 1.54) is 18.2 Å². The maximum absolute atomic E-state index is 12.0. The predicted molar refractivity (Wildman–Crippen MR) is 211 cm³/mol. The number of nitrogens with two attached hydrogens (primary N) is 2. The highest BCUT2D eigenvalue weighted by Gasteiger charge is 2.27. The molecule has 20 nitrogen and oxygen atoms in total. The van der Waals surface area contributed by atoms with Crippen LogP contribution in [0.3, 0.4) is 0 Å². The molecule has 0 aliphatic heterocycles. The van der Waals surface area contributed by atoms with Crippen molar-refractivity contribution in [2.75, 3.05) is 11.5 Å².